The molecule has 0 saturated heterocycles. The van der Waals surface area contributed by atoms with Crippen molar-refractivity contribution in [3.8, 4) is 16.9 Å². The van der Waals surface area contributed by atoms with E-state index in [-0.39, 0.29) is 5.54 Å². The SMILES string of the molecule is COCc1nc2c(-c3ccc(OC[C@@H](C)CC(C)(C)N)c(C)c3)ccnc2[nH]1. The minimum atomic E-state index is -0.181. The maximum atomic E-state index is 6.11. The molecule has 3 rings (SSSR count). The van der Waals surface area contributed by atoms with E-state index in [1.54, 1.807) is 13.3 Å². The van der Waals surface area contributed by atoms with E-state index in [1.165, 1.54) is 0 Å². The third-order valence-corrected chi connectivity index (χ3v) is 4.60. The van der Waals surface area contributed by atoms with Crippen LogP contribution in [-0.2, 0) is 11.3 Å². The predicted molar refractivity (Wildman–Crippen MR) is 112 cm³/mol. The molecule has 0 amide bonds. The Balaban J connectivity index is 1.80. The van der Waals surface area contributed by atoms with E-state index in [4.69, 9.17) is 15.2 Å². The quantitative estimate of drug-likeness (QED) is 0.609. The first-order valence-electron chi connectivity index (χ1n) is 9.62. The number of hydrogen-bond donors (Lipinski definition) is 2. The molecule has 0 unspecified atom stereocenters. The molecule has 0 spiro atoms. The Morgan fingerprint density at radius 2 is 2.04 bits per heavy atom. The van der Waals surface area contributed by atoms with Crippen LogP contribution in [0.3, 0.4) is 0 Å². The second-order valence-electron chi connectivity index (χ2n) is 8.26. The average molecular weight is 383 g/mol. The average Bonchev–Trinajstić information content (AvgIpc) is 3.02. The zero-order valence-electron chi connectivity index (χ0n) is 17.4. The van der Waals surface area contributed by atoms with Crippen LogP contribution in [0.2, 0.25) is 0 Å². The Labute approximate surface area is 166 Å². The molecule has 3 aromatic rings. The van der Waals surface area contributed by atoms with Gasteiger partial charge >= 0.3 is 0 Å². The van der Waals surface area contributed by atoms with Crippen LogP contribution in [0.1, 0.15) is 38.6 Å². The fraction of sp³-hybridized carbons (Fsp3) is 0.455. The number of ether oxygens (including phenoxy) is 2. The van der Waals surface area contributed by atoms with Crippen LogP contribution in [-0.4, -0.2) is 34.2 Å². The minimum Gasteiger partial charge on any atom is -0.493 e. The molecule has 0 aliphatic heterocycles. The Hall–Kier alpha value is -2.44. The molecule has 6 nitrogen and oxygen atoms in total. The first-order chi connectivity index (χ1) is 13.3. The van der Waals surface area contributed by atoms with E-state index in [2.05, 4.69) is 40.9 Å². The van der Waals surface area contributed by atoms with Gasteiger partial charge in [0.25, 0.3) is 0 Å². The second-order valence-corrected chi connectivity index (χ2v) is 8.26. The molecule has 0 radical (unpaired) electrons. The van der Waals surface area contributed by atoms with Crippen molar-refractivity contribution < 1.29 is 9.47 Å². The lowest BCUT2D eigenvalue weighted by atomic mass is 9.93. The lowest BCUT2D eigenvalue weighted by Crippen LogP contribution is -2.35. The molecular weight excluding hydrogens is 352 g/mol. The van der Waals surface area contributed by atoms with Gasteiger partial charge < -0.3 is 20.2 Å². The summed E-state index contributed by atoms with van der Waals surface area (Å²) in [5.74, 6) is 2.06. The van der Waals surface area contributed by atoms with Crippen LogP contribution in [0.4, 0.5) is 0 Å². The Bertz CT molecular complexity index is 943. The molecular formula is C22H30N4O2. The number of rotatable bonds is 8. The summed E-state index contributed by atoms with van der Waals surface area (Å²) in [7, 11) is 1.65. The van der Waals surface area contributed by atoms with E-state index in [0.717, 1.165) is 45.8 Å². The molecule has 2 aromatic heterocycles. The van der Waals surface area contributed by atoms with E-state index in [9.17, 15) is 0 Å². The standard InChI is InChI=1S/C22H30N4O2/c1-14(11-22(3,4)23)12-28-18-7-6-16(10-15(18)2)17-8-9-24-21-20(17)25-19(26-21)13-27-5/h6-10,14H,11-13,23H2,1-5H3,(H,24,25,26)/t14-/m0/s1. The lowest BCUT2D eigenvalue weighted by molar-refractivity contribution is 0.179. The van der Waals surface area contributed by atoms with Crippen molar-refractivity contribution in [1.82, 2.24) is 15.0 Å². The number of aryl methyl sites for hydroxylation is 1. The van der Waals surface area contributed by atoms with Crippen LogP contribution < -0.4 is 10.5 Å². The van der Waals surface area contributed by atoms with Crippen LogP contribution in [0.25, 0.3) is 22.3 Å². The molecule has 0 bridgehead atoms. The molecule has 2 heterocycles. The van der Waals surface area contributed by atoms with Crippen molar-refractivity contribution in [3.63, 3.8) is 0 Å². The highest BCUT2D eigenvalue weighted by molar-refractivity contribution is 5.89. The first-order valence-corrected chi connectivity index (χ1v) is 9.62. The van der Waals surface area contributed by atoms with Gasteiger partial charge in [0.2, 0.25) is 0 Å². The van der Waals surface area contributed by atoms with E-state index >= 15 is 0 Å². The highest BCUT2D eigenvalue weighted by Gasteiger charge is 2.17. The van der Waals surface area contributed by atoms with Gasteiger partial charge in [-0.2, -0.15) is 0 Å². The summed E-state index contributed by atoms with van der Waals surface area (Å²) in [5.41, 5.74) is 10.8. The Morgan fingerprint density at radius 3 is 2.71 bits per heavy atom. The second kappa shape index (κ2) is 8.29. The van der Waals surface area contributed by atoms with Crippen molar-refractivity contribution in [3.05, 3.63) is 41.9 Å². The number of aromatic amines is 1. The number of hydrogen-bond acceptors (Lipinski definition) is 5. The van der Waals surface area contributed by atoms with Gasteiger partial charge in [0.05, 0.1) is 6.61 Å². The third kappa shape index (κ3) is 4.88. The van der Waals surface area contributed by atoms with Crippen LogP contribution in [0.5, 0.6) is 5.75 Å². The monoisotopic (exact) mass is 382 g/mol. The summed E-state index contributed by atoms with van der Waals surface area (Å²) < 4.78 is 11.2. The van der Waals surface area contributed by atoms with Crippen molar-refractivity contribution in [2.75, 3.05) is 13.7 Å². The molecule has 0 aliphatic carbocycles. The van der Waals surface area contributed by atoms with E-state index in [0.29, 0.717) is 19.1 Å². The van der Waals surface area contributed by atoms with Gasteiger partial charge in [0.15, 0.2) is 5.65 Å². The molecule has 28 heavy (non-hydrogen) atoms. The van der Waals surface area contributed by atoms with Crippen LogP contribution in [0, 0.1) is 12.8 Å². The number of methoxy groups -OCH3 is 1. The smallest absolute Gasteiger partial charge is 0.158 e. The van der Waals surface area contributed by atoms with Gasteiger partial charge in [-0.3, -0.25) is 0 Å². The summed E-state index contributed by atoms with van der Waals surface area (Å²) >= 11 is 0. The zero-order chi connectivity index (χ0) is 20.3. The molecule has 0 fully saturated rings. The van der Waals surface area contributed by atoms with Gasteiger partial charge in [-0.1, -0.05) is 13.0 Å². The number of imidazole rings is 1. The summed E-state index contributed by atoms with van der Waals surface area (Å²) in [4.78, 5) is 12.2. The number of aromatic nitrogens is 3. The van der Waals surface area contributed by atoms with Crippen molar-refractivity contribution in [1.29, 1.82) is 0 Å². The summed E-state index contributed by atoms with van der Waals surface area (Å²) in [6, 6.07) is 8.21. The van der Waals surface area contributed by atoms with Crippen LogP contribution >= 0.6 is 0 Å². The molecule has 150 valence electrons. The van der Waals surface area contributed by atoms with Crippen molar-refractivity contribution >= 4 is 11.2 Å². The molecule has 3 N–H and O–H groups in total. The van der Waals surface area contributed by atoms with E-state index in [1.807, 2.05) is 26.0 Å². The molecule has 1 atom stereocenters. The van der Waals surface area contributed by atoms with Gasteiger partial charge in [-0.25, -0.2) is 9.97 Å². The maximum absolute atomic E-state index is 6.11. The number of nitrogens with zero attached hydrogens (tertiary/aromatic N) is 2. The number of nitrogens with two attached hydrogens (primary N) is 1. The summed E-state index contributed by atoms with van der Waals surface area (Å²) in [6.45, 7) is 9.41. The minimum absolute atomic E-state index is 0.181. The molecule has 0 saturated carbocycles. The number of pyridine rings is 1. The summed E-state index contributed by atoms with van der Waals surface area (Å²) in [5, 5.41) is 0. The fourth-order valence-electron chi connectivity index (χ4n) is 3.56. The number of nitrogens with one attached hydrogen (secondary N) is 1. The lowest BCUT2D eigenvalue weighted by Gasteiger charge is -2.23. The Morgan fingerprint density at radius 1 is 1.25 bits per heavy atom. The van der Waals surface area contributed by atoms with Gasteiger partial charge in [-0.15, -0.1) is 0 Å². The number of fused-ring (bicyclic) bond motifs is 1. The normalized spacial score (nSPS) is 13.1. The van der Waals surface area contributed by atoms with Gasteiger partial charge in [0.1, 0.15) is 23.7 Å². The highest BCUT2D eigenvalue weighted by atomic mass is 16.5. The van der Waals surface area contributed by atoms with Crippen molar-refractivity contribution in [2.45, 2.75) is 46.3 Å². The van der Waals surface area contributed by atoms with Crippen LogP contribution in [0.15, 0.2) is 30.5 Å². The largest absolute Gasteiger partial charge is 0.493 e. The molecule has 6 heteroatoms. The molecule has 1 aromatic carbocycles. The van der Waals surface area contributed by atoms with Crippen molar-refractivity contribution in [2.24, 2.45) is 11.7 Å². The maximum Gasteiger partial charge on any atom is 0.158 e. The Kier molecular flexibility index (Phi) is 6.01. The third-order valence-electron chi connectivity index (χ3n) is 4.60. The summed E-state index contributed by atoms with van der Waals surface area (Å²) in [6.07, 6.45) is 2.71. The first kappa shape index (κ1) is 20.3. The van der Waals surface area contributed by atoms with E-state index < -0.39 is 0 Å². The number of benzene rings is 1. The highest BCUT2D eigenvalue weighted by Crippen LogP contribution is 2.30. The fourth-order valence-corrected chi connectivity index (χ4v) is 3.56. The van der Waals surface area contributed by atoms with Gasteiger partial charge in [-0.05, 0) is 62.4 Å². The predicted octanol–water partition coefficient (Wildman–Crippen LogP) is 4.22. The zero-order valence-corrected chi connectivity index (χ0v) is 17.4. The van der Waals surface area contributed by atoms with Gasteiger partial charge in [0, 0.05) is 24.4 Å². The molecule has 0 aliphatic rings. The number of H-pyrrole nitrogens is 1. The topological polar surface area (TPSA) is 86.1 Å².